The molecule has 8 bridgehead atoms. The summed E-state index contributed by atoms with van der Waals surface area (Å²) in [6.45, 7) is 0. The molecule has 11 heteroatoms. The summed E-state index contributed by atoms with van der Waals surface area (Å²) in [6.07, 6.45) is 0. The topological polar surface area (TPSA) is 148 Å². The van der Waals surface area contributed by atoms with Crippen LogP contribution in [0, 0.1) is 0 Å². The summed E-state index contributed by atoms with van der Waals surface area (Å²) in [5.41, 5.74) is 4.96. The molecule has 43 heavy (non-hydrogen) atoms. The smallest absolute Gasteiger partial charge is 0.180 e. The van der Waals surface area contributed by atoms with Gasteiger partial charge in [0.2, 0.25) is 0 Å². The van der Waals surface area contributed by atoms with Crippen molar-refractivity contribution >= 4 is 44.1 Å². The van der Waals surface area contributed by atoms with E-state index < -0.39 is 0 Å². The Hall–Kier alpha value is -5.12. The van der Waals surface area contributed by atoms with Gasteiger partial charge in [-0.2, -0.15) is 0 Å². The van der Waals surface area contributed by atoms with Crippen molar-refractivity contribution in [2.75, 3.05) is 0 Å². The van der Waals surface area contributed by atoms with Crippen LogP contribution in [0.25, 0.3) is 89.7 Å². The molecule has 0 saturated heterocycles. The van der Waals surface area contributed by atoms with Gasteiger partial charge in [-0.05, 0) is 10.8 Å². The number of nitrogens with zero attached hydrogens (tertiary/aromatic N) is 8. The minimum atomic E-state index is 0. The maximum Gasteiger partial charge on any atom is 0.180 e. The fraction of sp³-hybridized carbons (Fsp3) is 0. The number of hydrogen-bond donors (Lipinski definition) is 1. The molecule has 4 aromatic carbocycles. The first-order valence-corrected chi connectivity index (χ1v) is 13.1. The summed E-state index contributed by atoms with van der Waals surface area (Å²) in [4.78, 5) is 34.1. The molecule has 3 aromatic heterocycles. The van der Waals surface area contributed by atoms with Crippen molar-refractivity contribution in [3.05, 3.63) is 97.1 Å². The van der Waals surface area contributed by atoms with E-state index >= 15 is 0 Å². The molecule has 0 unspecified atom stereocenters. The first-order valence-electron chi connectivity index (χ1n) is 13.1. The first kappa shape index (κ1) is 26.8. The Morgan fingerprint density at radius 1 is 0.442 bits per heavy atom. The molecule has 0 radical (unpaired) electrons. The van der Waals surface area contributed by atoms with Gasteiger partial charge >= 0.3 is 0 Å². The molecule has 0 atom stereocenters. The van der Waals surface area contributed by atoms with Crippen LogP contribution in [0.4, 0.5) is 0 Å². The average Bonchev–Trinajstić information content (AvgIpc) is 3.72. The third kappa shape index (κ3) is 3.93. The molecule has 2 aliphatic rings. The molecule has 3 N–H and O–H groups in total. The standard InChI is InChI=1S/C32H17N8O.H2O.Zr/c41-40-31-23-15-7-8-16-24(23)32(40)39-30-22-14-6-4-12-20(22)28(37-30)35-26-18-10-2-1-9-17(18)25(33-26)34-27-19-11-3-5-13-21(19)29(36-27)38-31;;/h1-16,41H;1H2;/q-1;;. The van der Waals surface area contributed by atoms with Crippen LogP contribution in [0.1, 0.15) is 0 Å². The van der Waals surface area contributed by atoms with Gasteiger partial charge in [-0.15, -0.1) is 4.73 Å². The van der Waals surface area contributed by atoms with Crippen LogP contribution >= 0.6 is 0 Å². The minimum Gasteiger partial charge on any atom is -0.425 e. The van der Waals surface area contributed by atoms with Gasteiger partial charge in [0.1, 0.15) is 0 Å². The summed E-state index contributed by atoms with van der Waals surface area (Å²) >= 11 is 0. The van der Waals surface area contributed by atoms with E-state index in [1.807, 2.05) is 97.1 Å². The van der Waals surface area contributed by atoms with Crippen LogP contribution in [-0.4, -0.2) is 45.3 Å². The Kier molecular flexibility index (Phi) is 6.23. The Labute approximate surface area is 262 Å². The van der Waals surface area contributed by atoms with Gasteiger partial charge in [-0.3, -0.25) is 0 Å². The van der Waals surface area contributed by atoms with Gasteiger partial charge < -0.3 is 25.6 Å². The quantitative estimate of drug-likeness (QED) is 0.218. The normalized spacial score (nSPS) is 11.4. The van der Waals surface area contributed by atoms with Crippen molar-refractivity contribution in [1.82, 2.24) is 39.6 Å². The van der Waals surface area contributed by atoms with E-state index in [0.29, 0.717) is 45.9 Å². The fourth-order valence-corrected chi connectivity index (χ4v) is 5.61. The van der Waals surface area contributed by atoms with Crippen molar-refractivity contribution in [1.29, 1.82) is 0 Å². The van der Waals surface area contributed by atoms with E-state index in [1.165, 1.54) is 0 Å². The van der Waals surface area contributed by atoms with Gasteiger partial charge in [0.05, 0.1) is 11.6 Å². The molecular formula is C32H19N8O2Zr-. The number of aromatic nitrogens is 8. The molecule has 10 nitrogen and oxygen atoms in total. The van der Waals surface area contributed by atoms with Crippen LogP contribution in [0.5, 0.6) is 0 Å². The first-order chi connectivity index (χ1) is 20.2. The summed E-state index contributed by atoms with van der Waals surface area (Å²) in [7, 11) is 0. The molecule has 7 aromatic rings. The SMILES string of the molecule is O.On1c2nc3nc(nc4[n-]c(nc5nc(nc1c1ccccc12)-c1ccccc1-5)c1ccccc41)-c1ccccc1-3.[Zr]. The Morgan fingerprint density at radius 3 is 1.16 bits per heavy atom. The average molecular weight is 639 g/mol. The second-order valence-electron chi connectivity index (χ2n) is 9.87. The zero-order valence-electron chi connectivity index (χ0n) is 22.3. The minimum absolute atomic E-state index is 0. The monoisotopic (exact) mass is 637 g/mol. The molecule has 2 aliphatic heterocycles. The second-order valence-corrected chi connectivity index (χ2v) is 9.87. The number of fused-ring (bicyclic) bond motifs is 20. The van der Waals surface area contributed by atoms with Gasteiger partial charge in [0, 0.05) is 70.5 Å². The van der Waals surface area contributed by atoms with Crippen molar-refractivity contribution in [2.24, 2.45) is 0 Å². The van der Waals surface area contributed by atoms with Crippen LogP contribution in [0.15, 0.2) is 97.1 Å². The van der Waals surface area contributed by atoms with Gasteiger partial charge in [0.15, 0.2) is 22.9 Å². The second kappa shape index (κ2) is 10.0. The molecule has 204 valence electrons. The van der Waals surface area contributed by atoms with Crippen molar-refractivity contribution in [2.45, 2.75) is 0 Å². The van der Waals surface area contributed by atoms with E-state index in [9.17, 15) is 5.21 Å². The molecule has 9 rings (SSSR count). The van der Waals surface area contributed by atoms with Crippen molar-refractivity contribution < 1.29 is 36.9 Å². The van der Waals surface area contributed by atoms with Gasteiger partial charge in [-0.1, -0.05) is 97.1 Å². The zero-order valence-corrected chi connectivity index (χ0v) is 24.7. The van der Waals surface area contributed by atoms with Crippen molar-refractivity contribution in [3.8, 4) is 45.6 Å². The van der Waals surface area contributed by atoms with E-state index in [0.717, 1.165) is 48.5 Å². The Bertz CT molecular complexity index is 2250. The third-order valence-electron chi connectivity index (χ3n) is 7.52. The van der Waals surface area contributed by atoms with Crippen LogP contribution in [0.3, 0.4) is 0 Å². The van der Waals surface area contributed by atoms with E-state index in [2.05, 4.69) is 0 Å². The number of benzene rings is 4. The van der Waals surface area contributed by atoms with Gasteiger partial charge in [-0.25, -0.2) is 19.9 Å². The molecule has 0 saturated carbocycles. The van der Waals surface area contributed by atoms with Crippen LogP contribution in [0.2, 0.25) is 0 Å². The molecule has 0 fully saturated rings. The summed E-state index contributed by atoms with van der Waals surface area (Å²) < 4.78 is 1.01. The van der Waals surface area contributed by atoms with Crippen molar-refractivity contribution in [3.63, 3.8) is 0 Å². The van der Waals surface area contributed by atoms with E-state index in [-0.39, 0.29) is 31.7 Å². The maximum atomic E-state index is 11.5. The fourth-order valence-electron chi connectivity index (χ4n) is 5.61. The maximum absolute atomic E-state index is 11.5. The Balaban J connectivity index is 0.00000150. The summed E-state index contributed by atoms with van der Waals surface area (Å²) in [5.74, 6) is 1.87. The largest absolute Gasteiger partial charge is 0.425 e. The van der Waals surface area contributed by atoms with Gasteiger partial charge in [0.25, 0.3) is 0 Å². The summed E-state index contributed by atoms with van der Waals surface area (Å²) in [6, 6.07) is 31.1. The predicted molar refractivity (Wildman–Crippen MR) is 159 cm³/mol. The third-order valence-corrected chi connectivity index (χ3v) is 7.52. The Morgan fingerprint density at radius 2 is 0.767 bits per heavy atom. The van der Waals surface area contributed by atoms with Crippen LogP contribution < -0.4 is 4.98 Å². The molecule has 0 aliphatic carbocycles. The summed E-state index contributed by atoms with van der Waals surface area (Å²) in [5, 5.41) is 14.7. The number of hydrogen-bond acceptors (Lipinski definition) is 7. The van der Waals surface area contributed by atoms with E-state index in [1.54, 1.807) is 0 Å². The zero-order chi connectivity index (χ0) is 27.1. The number of rotatable bonds is 0. The molecular weight excluding hydrogens is 620 g/mol. The molecule has 5 heterocycles. The predicted octanol–water partition coefficient (Wildman–Crippen LogP) is 5.38. The molecule has 0 amide bonds. The van der Waals surface area contributed by atoms with Crippen LogP contribution in [-0.2, 0) is 26.2 Å². The van der Waals surface area contributed by atoms with E-state index in [4.69, 9.17) is 34.9 Å². The molecule has 0 spiro atoms.